The maximum atomic E-state index is 12.7. The highest BCUT2D eigenvalue weighted by Crippen LogP contribution is 2.39. The van der Waals surface area contributed by atoms with Gasteiger partial charge >= 0.3 is 6.09 Å². The minimum Gasteiger partial charge on any atom is -0.445 e. The van der Waals surface area contributed by atoms with Gasteiger partial charge in [-0.2, -0.15) is 0 Å². The summed E-state index contributed by atoms with van der Waals surface area (Å²) in [7, 11) is 0. The highest BCUT2D eigenvalue weighted by molar-refractivity contribution is 5.82. The molecule has 0 spiro atoms. The predicted octanol–water partition coefficient (Wildman–Crippen LogP) is 2.63. The fourth-order valence-corrected chi connectivity index (χ4v) is 4.69. The summed E-state index contributed by atoms with van der Waals surface area (Å²) >= 11 is 0. The van der Waals surface area contributed by atoms with Gasteiger partial charge in [0.1, 0.15) is 6.61 Å². The van der Waals surface area contributed by atoms with Crippen molar-refractivity contribution in [1.82, 2.24) is 9.80 Å². The number of likely N-dealkylation sites (tertiary alicyclic amines) is 2. The number of ether oxygens (including phenoxy) is 1. The summed E-state index contributed by atoms with van der Waals surface area (Å²) in [5, 5.41) is 0. The van der Waals surface area contributed by atoms with Crippen LogP contribution in [-0.2, 0) is 22.7 Å². The molecule has 2 atom stereocenters. The molecule has 2 amide bonds. The number of benzene rings is 2. The van der Waals surface area contributed by atoms with Crippen LogP contribution in [0.15, 0.2) is 60.7 Å². The number of nitrogens with two attached hydrogens (primary N) is 1. The minimum absolute atomic E-state index is 0.206. The molecule has 0 saturated carbocycles. The van der Waals surface area contributed by atoms with E-state index in [-0.39, 0.29) is 24.5 Å². The molecule has 0 radical (unpaired) electrons. The van der Waals surface area contributed by atoms with E-state index >= 15 is 0 Å². The first-order chi connectivity index (χ1) is 14.0. The summed E-state index contributed by atoms with van der Waals surface area (Å²) in [5.41, 5.74) is 7.28. The number of nitrogens with zero attached hydrogens (tertiary/aromatic N) is 2. The number of carbonyl (C=O) groups is 2. The van der Waals surface area contributed by atoms with Gasteiger partial charge in [0.05, 0.1) is 5.41 Å². The predicted molar refractivity (Wildman–Crippen MR) is 110 cm³/mol. The van der Waals surface area contributed by atoms with Gasteiger partial charge in [-0.25, -0.2) is 4.79 Å². The Bertz CT molecular complexity index is 858. The monoisotopic (exact) mass is 393 g/mol. The molecule has 0 aliphatic carbocycles. The lowest BCUT2D eigenvalue weighted by Crippen LogP contribution is -2.63. The van der Waals surface area contributed by atoms with Gasteiger partial charge in [0.25, 0.3) is 0 Å². The Morgan fingerprint density at radius 3 is 2.28 bits per heavy atom. The molecule has 2 aromatic rings. The van der Waals surface area contributed by atoms with E-state index in [4.69, 9.17) is 10.5 Å². The Hall–Kier alpha value is -2.86. The van der Waals surface area contributed by atoms with Gasteiger partial charge < -0.3 is 15.4 Å². The smallest absolute Gasteiger partial charge is 0.410 e. The molecule has 2 saturated heterocycles. The average molecular weight is 393 g/mol. The van der Waals surface area contributed by atoms with Crippen LogP contribution < -0.4 is 5.73 Å². The third-order valence-electron chi connectivity index (χ3n) is 5.93. The lowest BCUT2D eigenvalue weighted by Gasteiger charge is -2.51. The number of rotatable bonds is 5. The van der Waals surface area contributed by atoms with Crippen LogP contribution in [0, 0.1) is 11.3 Å². The van der Waals surface area contributed by atoms with Crippen LogP contribution >= 0.6 is 0 Å². The maximum absolute atomic E-state index is 12.7. The number of hydrogen-bond donors (Lipinski definition) is 1. The number of carbonyl (C=O) groups excluding carboxylic acids is 2. The molecule has 2 fully saturated rings. The molecule has 2 bridgehead atoms. The number of fused-ring (bicyclic) bond motifs is 2. The highest BCUT2D eigenvalue weighted by Gasteiger charge is 2.50. The molecule has 0 aromatic heterocycles. The molecule has 2 aromatic carbocycles. The maximum Gasteiger partial charge on any atom is 0.410 e. The van der Waals surface area contributed by atoms with Crippen LogP contribution in [0.1, 0.15) is 17.5 Å². The Balaban J connectivity index is 1.43. The van der Waals surface area contributed by atoms with Crippen molar-refractivity contribution in [1.29, 1.82) is 0 Å². The summed E-state index contributed by atoms with van der Waals surface area (Å²) in [6.45, 7) is 3.32. The molecule has 2 N–H and O–H groups in total. The standard InChI is InChI=1S/C23H27N3O3/c24-21(27)23-11-20(13-25(16-23)12-18-7-3-1-4-8-18)14-26(17-23)22(28)29-15-19-9-5-2-6-10-19/h1-10,20H,11-17H2,(H2,24,27). The SMILES string of the molecule is NC(=O)C12CC(CN(Cc3ccccc3)C1)CN(C(=O)OCc1ccccc1)C2. The summed E-state index contributed by atoms with van der Waals surface area (Å²) in [4.78, 5) is 29.1. The molecule has 2 aliphatic heterocycles. The molecular formula is C23H27N3O3. The van der Waals surface area contributed by atoms with Crippen molar-refractivity contribution in [3.8, 4) is 0 Å². The topological polar surface area (TPSA) is 75.9 Å². The average Bonchev–Trinajstić information content (AvgIpc) is 2.72. The Labute approximate surface area is 171 Å². The lowest BCUT2D eigenvalue weighted by molar-refractivity contribution is -0.138. The molecule has 6 heteroatoms. The summed E-state index contributed by atoms with van der Waals surface area (Å²) in [6.07, 6.45) is 0.358. The van der Waals surface area contributed by atoms with Crippen molar-refractivity contribution in [3.05, 3.63) is 71.8 Å². The molecule has 2 heterocycles. The second-order valence-corrected chi connectivity index (χ2v) is 8.29. The fourth-order valence-electron chi connectivity index (χ4n) is 4.69. The van der Waals surface area contributed by atoms with Gasteiger partial charge in [-0.15, -0.1) is 0 Å². The van der Waals surface area contributed by atoms with Crippen molar-refractivity contribution in [3.63, 3.8) is 0 Å². The Kier molecular flexibility index (Phi) is 5.53. The van der Waals surface area contributed by atoms with Crippen LogP contribution in [0.4, 0.5) is 4.79 Å². The van der Waals surface area contributed by atoms with Gasteiger partial charge in [-0.3, -0.25) is 9.69 Å². The second kappa shape index (κ2) is 8.25. The zero-order valence-electron chi connectivity index (χ0n) is 16.5. The zero-order valence-corrected chi connectivity index (χ0v) is 16.5. The molecule has 152 valence electrons. The van der Waals surface area contributed by atoms with Gasteiger partial charge in [-0.1, -0.05) is 60.7 Å². The minimum atomic E-state index is -0.721. The number of amides is 2. The van der Waals surface area contributed by atoms with E-state index < -0.39 is 5.41 Å². The van der Waals surface area contributed by atoms with E-state index in [1.807, 2.05) is 48.5 Å². The first kappa shape index (κ1) is 19.5. The molecular weight excluding hydrogens is 366 g/mol. The van der Waals surface area contributed by atoms with Gasteiger partial charge in [0.15, 0.2) is 0 Å². The van der Waals surface area contributed by atoms with Crippen molar-refractivity contribution in [2.45, 2.75) is 19.6 Å². The van der Waals surface area contributed by atoms with Crippen molar-refractivity contribution >= 4 is 12.0 Å². The molecule has 2 unspecified atom stereocenters. The van der Waals surface area contributed by atoms with E-state index in [2.05, 4.69) is 17.0 Å². The molecule has 4 rings (SSSR count). The zero-order chi connectivity index (χ0) is 20.3. The van der Waals surface area contributed by atoms with Gasteiger partial charge in [0, 0.05) is 32.7 Å². The van der Waals surface area contributed by atoms with Gasteiger partial charge in [-0.05, 0) is 23.5 Å². The third-order valence-corrected chi connectivity index (χ3v) is 5.93. The first-order valence-corrected chi connectivity index (χ1v) is 10.1. The normalized spacial score (nSPS) is 24.1. The summed E-state index contributed by atoms with van der Waals surface area (Å²) < 4.78 is 5.50. The summed E-state index contributed by atoms with van der Waals surface area (Å²) in [5.74, 6) is -0.126. The molecule has 2 aliphatic rings. The van der Waals surface area contributed by atoms with Crippen LogP contribution in [0.25, 0.3) is 0 Å². The van der Waals surface area contributed by atoms with Crippen molar-refractivity contribution < 1.29 is 14.3 Å². The lowest BCUT2D eigenvalue weighted by atomic mass is 9.71. The number of piperidine rings is 2. The molecule has 29 heavy (non-hydrogen) atoms. The highest BCUT2D eigenvalue weighted by atomic mass is 16.6. The quantitative estimate of drug-likeness (QED) is 0.847. The van der Waals surface area contributed by atoms with E-state index in [9.17, 15) is 9.59 Å². The van der Waals surface area contributed by atoms with Crippen LogP contribution in [0.5, 0.6) is 0 Å². The van der Waals surface area contributed by atoms with Gasteiger partial charge in [0.2, 0.25) is 5.91 Å². The third kappa shape index (κ3) is 4.43. The largest absolute Gasteiger partial charge is 0.445 e. The number of primary amides is 1. The van der Waals surface area contributed by atoms with Crippen LogP contribution in [0.3, 0.4) is 0 Å². The first-order valence-electron chi connectivity index (χ1n) is 10.1. The van der Waals surface area contributed by atoms with E-state index in [0.29, 0.717) is 19.6 Å². The van der Waals surface area contributed by atoms with E-state index in [0.717, 1.165) is 25.1 Å². The van der Waals surface area contributed by atoms with Crippen LogP contribution in [0.2, 0.25) is 0 Å². The number of hydrogen-bond acceptors (Lipinski definition) is 4. The van der Waals surface area contributed by atoms with E-state index in [1.54, 1.807) is 4.90 Å². The van der Waals surface area contributed by atoms with Crippen LogP contribution in [-0.4, -0.2) is 48.0 Å². The molecule has 6 nitrogen and oxygen atoms in total. The summed E-state index contributed by atoms with van der Waals surface area (Å²) in [6, 6.07) is 19.8. The van der Waals surface area contributed by atoms with E-state index in [1.165, 1.54) is 5.56 Å². The Morgan fingerprint density at radius 2 is 1.62 bits per heavy atom. The fraction of sp³-hybridized carbons (Fsp3) is 0.391. The van der Waals surface area contributed by atoms with Crippen molar-refractivity contribution in [2.24, 2.45) is 17.1 Å². The Morgan fingerprint density at radius 1 is 0.966 bits per heavy atom. The van der Waals surface area contributed by atoms with Crippen molar-refractivity contribution in [2.75, 3.05) is 26.2 Å². The second-order valence-electron chi connectivity index (χ2n) is 8.29.